The minimum Gasteiger partial charge on any atom is -0.369 e. The molecule has 1 amide bonds. The number of amides is 1. The predicted molar refractivity (Wildman–Crippen MR) is 127 cm³/mol. The van der Waals surface area contributed by atoms with Crippen LogP contribution in [0.3, 0.4) is 0 Å². The lowest BCUT2D eigenvalue weighted by atomic mass is 9.97. The molecule has 0 spiro atoms. The van der Waals surface area contributed by atoms with Crippen molar-refractivity contribution < 1.29 is 4.79 Å². The third-order valence-corrected chi connectivity index (χ3v) is 6.84. The van der Waals surface area contributed by atoms with Crippen LogP contribution in [0.15, 0.2) is 54.7 Å². The van der Waals surface area contributed by atoms with Crippen LogP contribution in [0.5, 0.6) is 0 Å². The number of benzene rings is 2. The fraction of sp³-hybridized carbons (Fsp3) is 0.400. The molecule has 2 aliphatic rings. The van der Waals surface area contributed by atoms with Gasteiger partial charge < -0.3 is 20.1 Å². The summed E-state index contributed by atoms with van der Waals surface area (Å²) in [7, 11) is 1.71. The van der Waals surface area contributed by atoms with Crippen LogP contribution in [0.2, 0.25) is 0 Å². The van der Waals surface area contributed by atoms with Gasteiger partial charge in [-0.15, -0.1) is 0 Å². The minimum absolute atomic E-state index is 0.0735. The van der Waals surface area contributed by atoms with Gasteiger partial charge in [0.1, 0.15) is 0 Å². The Balaban J connectivity index is 1.16. The molecule has 162 valence electrons. The molecule has 6 heteroatoms. The molecule has 3 aromatic rings. The lowest BCUT2D eigenvalue weighted by molar-refractivity contribution is -0.119. The van der Waals surface area contributed by atoms with Gasteiger partial charge in [-0.05, 0) is 48.9 Å². The highest BCUT2D eigenvalue weighted by atomic mass is 16.1. The second-order valence-corrected chi connectivity index (χ2v) is 8.68. The van der Waals surface area contributed by atoms with Crippen molar-refractivity contribution >= 4 is 28.2 Å². The topological polar surface area (TPSA) is 54.6 Å². The molecule has 0 saturated carbocycles. The second kappa shape index (κ2) is 8.63. The zero-order chi connectivity index (χ0) is 21.2. The maximum absolute atomic E-state index is 11.9. The number of anilines is 2. The zero-order valence-electron chi connectivity index (χ0n) is 18.2. The lowest BCUT2D eigenvalue weighted by Gasteiger charge is -2.36. The quantitative estimate of drug-likeness (QED) is 0.647. The van der Waals surface area contributed by atoms with E-state index < -0.39 is 0 Å². The van der Waals surface area contributed by atoms with Gasteiger partial charge in [0.2, 0.25) is 5.91 Å². The normalized spacial score (nSPS) is 19.1. The Hall–Kier alpha value is -2.99. The van der Waals surface area contributed by atoms with Gasteiger partial charge in [0, 0.05) is 74.2 Å². The third kappa shape index (κ3) is 4.12. The number of aromatic nitrogens is 1. The molecule has 3 heterocycles. The maximum Gasteiger partial charge on any atom is 0.239 e. The van der Waals surface area contributed by atoms with E-state index in [4.69, 9.17) is 0 Å². The Bertz CT molecular complexity index is 1050. The molecule has 0 unspecified atom stereocenters. The van der Waals surface area contributed by atoms with Crippen LogP contribution in [-0.4, -0.2) is 68.7 Å². The number of aromatic amines is 1. The summed E-state index contributed by atoms with van der Waals surface area (Å²) in [5.41, 5.74) is 5.14. The van der Waals surface area contributed by atoms with Gasteiger partial charge in [0.25, 0.3) is 0 Å². The number of nitrogens with zero attached hydrogens (tertiary/aromatic N) is 3. The van der Waals surface area contributed by atoms with E-state index in [1.54, 1.807) is 7.05 Å². The Morgan fingerprint density at radius 3 is 2.77 bits per heavy atom. The summed E-state index contributed by atoms with van der Waals surface area (Å²) < 4.78 is 0. The van der Waals surface area contributed by atoms with Crippen molar-refractivity contribution in [2.75, 3.05) is 62.7 Å². The van der Waals surface area contributed by atoms with E-state index in [-0.39, 0.29) is 5.91 Å². The summed E-state index contributed by atoms with van der Waals surface area (Å²) in [4.78, 5) is 22.5. The summed E-state index contributed by atoms with van der Waals surface area (Å²) in [5.74, 6) is 0.569. The first kappa shape index (κ1) is 19.9. The molecule has 5 rings (SSSR count). The van der Waals surface area contributed by atoms with Crippen molar-refractivity contribution in [3.05, 3.63) is 60.3 Å². The minimum atomic E-state index is 0.0735. The van der Waals surface area contributed by atoms with Crippen molar-refractivity contribution in [2.45, 2.75) is 12.3 Å². The van der Waals surface area contributed by atoms with Gasteiger partial charge in [0.05, 0.1) is 6.54 Å². The van der Waals surface area contributed by atoms with Crippen molar-refractivity contribution in [3.63, 3.8) is 0 Å². The first-order valence-electron chi connectivity index (χ1n) is 11.3. The highest BCUT2D eigenvalue weighted by molar-refractivity contribution is 5.83. The van der Waals surface area contributed by atoms with Crippen LogP contribution in [0.4, 0.5) is 11.4 Å². The number of rotatable bonds is 6. The number of piperazine rings is 1. The second-order valence-electron chi connectivity index (χ2n) is 8.68. The SMILES string of the molecule is CNC(=O)CN1C[C@@H](CCN2CCN(c3ccc4[nH]ccc4c3)CC2)c2ccccc21. The molecule has 2 aromatic carbocycles. The van der Waals surface area contributed by atoms with E-state index in [1.165, 1.54) is 27.8 Å². The molecule has 2 aliphatic heterocycles. The molecule has 1 aromatic heterocycles. The average molecular weight is 418 g/mol. The van der Waals surface area contributed by atoms with Crippen LogP contribution in [0.1, 0.15) is 17.9 Å². The Kier molecular flexibility index (Phi) is 5.55. The molecule has 1 atom stereocenters. The summed E-state index contributed by atoms with van der Waals surface area (Å²) in [5, 5.41) is 4.03. The summed E-state index contributed by atoms with van der Waals surface area (Å²) in [6.45, 7) is 6.82. The summed E-state index contributed by atoms with van der Waals surface area (Å²) in [6, 6.07) is 17.4. The Morgan fingerprint density at radius 2 is 1.94 bits per heavy atom. The lowest BCUT2D eigenvalue weighted by Crippen LogP contribution is -2.46. The van der Waals surface area contributed by atoms with Crippen LogP contribution >= 0.6 is 0 Å². The van der Waals surface area contributed by atoms with E-state index in [0.29, 0.717) is 12.5 Å². The van der Waals surface area contributed by atoms with Gasteiger partial charge in [-0.25, -0.2) is 0 Å². The van der Waals surface area contributed by atoms with Gasteiger partial charge in [-0.1, -0.05) is 18.2 Å². The van der Waals surface area contributed by atoms with Gasteiger partial charge in [0.15, 0.2) is 0 Å². The molecule has 0 aliphatic carbocycles. The first-order chi connectivity index (χ1) is 15.2. The van der Waals surface area contributed by atoms with Crippen molar-refractivity contribution in [1.29, 1.82) is 0 Å². The van der Waals surface area contributed by atoms with Gasteiger partial charge >= 0.3 is 0 Å². The largest absolute Gasteiger partial charge is 0.369 e. The first-order valence-corrected chi connectivity index (χ1v) is 11.3. The van der Waals surface area contributed by atoms with E-state index in [2.05, 4.69) is 73.5 Å². The smallest absolute Gasteiger partial charge is 0.239 e. The number of hydrogen-bond donors (Lipinski definition) is 2. The van der Waals surface area contributed by atoms with Crippen LogP contribution < -0.4 is 15.1 Å². The van der Waals surface area contributed by atoms with E-state index in [9.17, 15) is 4.79 Å². The molecule has 0 bridgehead atoms. The molecular formula is C25H31N5O. The highest BCUT2D eigenvalue weighted by Gasteiger charge is 2.29. The molecule has 6 nitrogen and oxygen atoms in total. The Labute approximate surface area is 183 Å². The molecule has 0 radical (unpaired) electrons. The monoisotopic (exact) mass is 417 g/mol. The number of likely N-dealkylation sites (N-methyl/N-ethyl adjacent to an activating group) is 1. The number of carbonyl (C=O) groups is 1. The van der Waals surface area contributed by atoms with Crippen LogP contribution in [0.25, 0.3) is 10.9 Å². The fourth-order valence-electron chi connectivity index (χ4n) is 5.04. The zero-order valence-corrected chi connectivity index (χ0v) is 18.2. The van der Waals surface area contributed by atoms with E-state index >= 15 is 0 Å². The fourth-order valence-corrected chi connectivity index (χ4v) is 5.04. The number of H-pyrrole nitrogens is 1. The van der Waals surface area contributed by atoms with Crippen molar-refractivity contribution in [2.24, 2.45) is 0 Å². The van der Waals surface area contributed by atoms with E-state index in [0.717, 1.165) is 45.7 Å². The molecule has 2 N–H and O–H groups in total. The highest BCUT2D eigenvalue weighted by Crippen LogP contribution is 2.37. The van der Waals surface area contributed by atoms with Crippen molar-refractivity contribution in [3.8, 4) is 0 Å². The summed E-state index contributed by atoms with van der Waals surface area (Å²) in [6.07, 6.45) is 3.14. The number of hydrogen-bond acceptors (Lipinski definition) is 4. The van der Waals surface area contributed by atoms with Gasteiger partial charge in [-0.2, -0.15) is 0 Å². The molecule has 31 heavy (non-hydrogen) atoms. The summed E-state index contributed by atoms with van der Waals surface area (Å²) >= 11 is 0. The Morgan fingerprint density at radius 1 is 1.10 bits per heavy atom. The third-order valence-electron chi connectivity index (χ3n) is 6.84. The average Bonchev–Trinajstić information content (AvgIpc) is 3.42. The standard InChI is InChI=1S/C25H31N5O/c1-26-25(31)18-30-17-20(22-4-2-3-5-24(22)30)9-11-28-12-14-29(15-13-28)21-6-7-23-19(16-21)8-10-27-23/h2-8,10,16,20,27H,9,11-15,17-18H2,1H3,(H,26,31)/t20-/m1/s1. The number of fused-ring (bicyclic) bond motifs is 2. The predicted octanol–water partition coefficient (Wildman–Crippen LogP) is 3.03. The molecule has 1 fully saturated rings. The number of carbonyl (C=O) groups excluding carboxylic acids is 1. The number of para-hydroxylation sites is 1. The maximum atomic E-state index is 11.9. The van der Waals surface area contributed by atoms with Gasteiger partial charge in [-0.3, -0.25) is 9.69 Å². The van der Waals surface area contributed by atoms with Crippen molar-refractivity contribution in [1.82, 2.24) is 15.2 Å². The molecule has 1 saturated heterocycles. The number of nitrogens with one attached hydrogen (secondary N) is 2. The van der Waals surface area contributed by atoms with Crippen LogP contribution in [0, 0.1) is 0 Å². The molecular weight excluding hydrogens is 386 g/mol. The van der Waals surface area contributed by atoms with Crippen LogP contribution in [-0.2, 0) is 4.79 Å². The van der Waals surface area contributed by atoms with E-state index in [1.807, 2.05) is 6.20 Å².